The van der Waals surface area contributed by atoms with Crippen LogP contribution in [0.15, 0.2) is 10.6 Å². The average Bonchev–Trinajstić information content (AvgIpc) is 2.72. The van der Waals surface area contributed by atoms with Gasteiger partial charge < -0.3 is 9.73 Å². The molecule has 1 unspecified atom stereocenters. The minimum Gasteiger partial charge on any atom is -0.444 e. The van der Waals surface area contributed by atoms with Crippen LogP contribution in [-0.2, 0) is 0 Å². The highest BCUT2D eigenvalue weighted by molar-refractivity contribution is 4.97. The van der Waals surface area contributed by atoms with Gasteiger partial charge in [-0.1, -0.05) is 0 Å². The number of hydrogen-bond donors (Lipinski definition) is 1. The second-order valence-corrected chi connectivity index (χ2v) is 3.47. The minimum atomic E-state index is 0.256. The molecule has 3 nitrogen and oxygen atoms in total. The summed E-state index contributed by atoms with van der Waals surface area (Å²) in [5.74, 6) is 1.69. The van der Waals surface area contributed by atoms with E-state index in [1.165, 1.54) is 12.8 Å². The SMILES string of the molecule is Cc1cnc(C(C)NC2CC2)o1. The third kappa shape index (κ3) is 1.67. The van der Waals surface area contributed by atoms with Gasteiger partial charge in [-0.3, -0.25) is 0 Å². The Morgan fingerprint density at radius 3 is 2.92 bits per heavy atom. The van der Waals surface area contributed by atoms with Crippen LogP contribution in [0.2, 0.25) is 0 Å². The zero-order valence-corrected chi connectivity index (χ0v) is 7.50. The van der Waals surface area contributed by atoms with Gasteiger partial charge in [0.2, 0.25) is 5.89 Å². The highest BCUT2D eigenvalue weighted by atomic mass is 16.4. The smallest absolute Gasteiger partial charge is 0.211 e. The van der Waals surface area contributed by atoms with Gasteiger partial charge >= 0.3 is 0 Å². The zero-order chi connectivity index (χ0) is 8.55. The van der Waals surface area contributed by atoms with Crippen LogP contribution in [0, 0.1) is 6.92 Å². The molecule has 1 N–H and O–H groups in total. The van der Waals surface area contributed by atoms with Crippen molar-refractivity contribution in [2.75, 3.05) is 0 Å². The zero-order valence-electron chi connectivity index (χ0n) is 7.50. The Labute approximate surface area is 72.2 Å². The molecule has 1 aromatic rings. The molecule has 1 saturated carbocycles. The Bertz CT molecular complexity index is 265. The molecule has 0 aromatic carbocycles. The van der Waals surface area contributed by atoms with E-state index in [9.17, 15) is 0 Å². The first-order valence-electron chi connectivity index (χ1n) is 4.44. The molecule has 0 bridgehead atoms. The number of hydrogen-bond acceptors (Lipinski definition) is 3. The third-order valence-corrected chi connectivity index (χ3v) is 2.07. The quantitative estimate of drug-likeness (QED) is 0.744. The predicted octanol–water partition coefficient (Wildman–Crippen LogP) is 1.80. The van der Waals surface area contributed by atoms with Crippen molar-refractivity contribution in [1.82, 2.24) is 10.3 Å². The summed E-state index contributed by atoms with van der Waals surface area (Å²) < 4.78 is 5.40. The van der Waals surface area contributed by atoms with Gasteiger partial charge in [0, 0.05) is 6.04 Å². The molecule has 0 amide bonds. The molecule has 1 aliphatic carbocycles. The van der Waals surface area contributed by atoms with Crippen molar-refractivity contribution in [3.8, 4) is 0 Å². The summed E-state index contributed by atoms with van der Waals surface area (Å²) in [6, 6.07) is 0.957. The molecule has 0 spiro atoms. The normalized spacial score (nSPS) is 19.5. The fourth-order valence-electron chi connectivity index (χ4n) is 1.25. The second-order valence-electron chi connectivity index (χ2n) is 3.47. The molecule has 12 heavy (non-hydrogen) atoms. The van der Waals surface area contributed by atoms with E-state index in [1.54, 1.807) is 6.20 Å². The molecule has 66 valence electrons. The van der Waals surface area contributed by atoms with Gasteiger partial charge in [-0.2, -0.15) is 0 Å². The lowest BCUT2D eigenvalue weighted by molar-refractivity contribution is 0.401. The first kappa shape index (κ1) is 7.80. The molecular weight excluding hydrogens is 152 g/mol. The fourth-order valence-corrected chi connectivity index (χ4v) is 1.25. The summed E-state index contributed by atoms with van der Waals surface area (Å²) in [5.41, 5.74) is 0. The minimum absolute atomic E-state index is 0.256. The topological polar surface area (TPSA) is 38.1 Å². The molecule has 1 atom stereocenters. The number of rotatable bonds is 3. The van der Waals surface area contributed by atoms with Crippen LogP contribution in [0.5, 0.6) is 0 Å². The standard InChI is InChI=1S/C9H14N2O/c1-6-5-10-9(12-6)7(2)11-8-3-4-8/h5,7-8,11H,3-4H2,1-2H3. The maximum Gasteiger partial charge on any atom is 0.211 e. The third-order valence-electron chi connectivity index (χ3n) is 2.07. The average molecular weight is 166 g/mol. The fraction of sp³-hybridized carbons (Fsp3) is 0.667. The molecule has 0 aliphatic heterocycles. The van der Waals surface area contributed by atoms with E-state index in [0.717, 1.165) is 11.7 Å². The molecule has 2 rings (SSSR count). The summed E-state index contributed by atoms with van der Waals surface area (Å²) in [5, 5.41) is 3.43. The molecule has 1 aliphatic rings. The first-order valence-corrected chi connectivity index (χ1v) is 4.44. The van der Waals surface area contributed by atoms with Gasteiger partial charge in [-0.25, -0.2) is 4.98 Å². The highest BCUT2D eigenvalue weighted by Gasteiger charge is 2.24. The van der Waals surface area contributed by atoms with Crippen LogP contribution in [0.25, 0.3) is 0 Å². The van der Waals surface area contributed by atoms with Crippen molar-refractivity contribution >= 4 is 0 Å². The van der Waals surface area contributed by atoms with Crippen LogP contribution in [0.3, 0.4) is 0 Å². The Morgan fingerprint density at radius 2 is 2.42 bits per heavy atom. The highest BCUT2D eigenvalue weighted by Crippen LogP contribution is 2.23. The van der Waals surface area contributed by atoms with Gasteiger partial charge in [0.25, 0.3) is 0 Å². The van der Waals surface area contributed by atoms with Crippen LogP contribution >= 0.6 is 0 Å². The van der Waals surface area contributed by atoms with Crippen molar-refractivity contribution in [2.24, 2.45) is 0 Å². The molecular formula is C9H14N2O. The van der Waals surface area contributed by atoms with E-state index < -0.39 is 0 Å². The lowest BCUT2D eigenvalue weighted by Gasteiger charge is -2.07. The Kier molecular flexibility index (Phi) is 1.89. The summed E-state index contributed by atoms with van der Waals surface area (Å²) in [6.07, 6.45) is 4.36. The van der Waals surface area contributed by atoms with Gasteiger partial charge in [0.05, 0.1) is 12.2 Å². The van der Waals surface area contributed by atoms with Crippen LogP contribution < -0.4 is 5.32 Å². The molecule has 3 heteroatoms. The van der Waals surface area contributed by atoms with Gasteiger partial charge in [0.1, 0.15) is 5.76 Å². The summed E-state index contributed by atoms with van der Waals surface area (Å²) in [4.78, 5) is 4.17. The Hall–Kier alpha value is -0.830. The van der Waals surface area contributed by atoms with E-state index in [0.29, 0.717) is 6.04 Å². The van der Waals surface area contributed by atoms with E-state index in [2.05, 4.69) is 17.2 Å². The predicted molar refractivity (Wildman–Crippen MR) is 45.8 cm³/mol. The number of nitrogens with zero attached hydrogens (tertiary/aromatic N) is 1. The van der Waals surface area contributed by atoms with Gasteiger partial charge in [-0.05, 0) is 26.7 Å². The van der Waals surface area contributed by atoms with Crippen molar-refractivity contribution in [2.45, 2.75) is 38.8 Å². The lowest BCUT2D eigenvalue weighted by Crippen LogP contribution is -2.20. The Balaban J connectivity index is 1.97. The largest absolute Gasteiger partial charge is 0.444 e. The molecule has 1 fully saturated rings. The van der Waals surface area contributed by atoms with E-state index in [1.807, 2.05) is 6.92 Å². The molecule has 1 aromatic heterocycles. The van der Waals surface area contributed by atoms with Crippen LogP contribution in [0.4, 0.5) is 0 Å². The number of nitrogens with one attached hydrogen (secondary N) is 1. The Morgan fingerprint density at radius 1 is 1.67 bits per heavy atom. The van der Waals surface area contributed by atoms with Crippen molar-refractivity contribution in [3.63, 3.8) is 0 Å². The molecule has 0 radical (unpaired) electrons. The summed E-state index contributed by atoms with van der Waals surface area (Å²) >= 11 is 0. The molecule has 0 saturated heterocycles. The van der Waals surface area contributed by atoms with Crippen LogP contribution in [-0.4, -0.2) is 11.0 Å². The van der Waals surface area contributed by atoms with Gasteiger partial charge in [-0.15, -0.1) is 0 Å². The number of oxazole rings is 1. The van der Waals surface area contributed by atoms with Gasteiger partial charge in [0.15, 0.2) is 0 Å². The van der Waals surface area contributed by atoms with E-state index >= 15 is 0 Å². The summed E-state index contributed by atoms with van der Waals surface area (Å²) in [7, 11) is 0. The summed E-state index contributed by atoms with van der Waals surface area (Å²) in [6.45, 7) is 4.00. The lowest BCUT2D eigenvalue weighted by atomic mass is 10.3. The number of aryl methyl sites for hydroxylation is 1. The van der Waals surface area contributed by atoms with E-state index in [-0.39, 0.29) is 6.04 Å². The van der Waals surface area contributed by atoms with Crippen molar-refractivity contribution in [3.05, 3.63) is 17.8 Å². The van der Waals surface area contributed by atoms with Crippen molar-refractivity contribution < 1.29 is 4.42 Å². The molecule has 1 heterocycles. The number of aromatic nitrogens is 1. The van der Waals surface area contributed by atoms with Crippen LogP contribution in [0.1, 0.15) is 37.5 Å². The van der Waals surface area contributed by atoms with E-state index in [4.69, 9.17) is 4.42 Å². The maximum atomic E-state index is 5.40. The van der Waals surface area contributed by atoms with Crippen molar-refractivity contribution in [1.29, 1.82) is 0 Å². The first-order chi connectivity index (χ1) is 5.75. The monoisotopic (exact) mass is 166 g/mol. The second kappa shape index (κ2) is 2.90. The maximum absolute atomic E-state index is 5.40.